The molecule has 11 atom stereocenters. The van der Waals surface area contributed by atoms with Gasteiger partial charge in [0, 0.05) is 41.5 Å². The molecule has 3 aromatic rings. The minimum atomic E-state index is -2.73. The maximum atomic E-state index is 14.4. The number of nitrogens with one attached hydrogen (secondary N) is 1. The fraction of sp³-hybridized carbons (Fsp3) is 0.469. The van der Waals surface area contributed by atoms with Crippen molar-refractivity contribution in [1.82, 2.24) is 5.32 Å². The van der Waals surface area contributed by atoms with Crippen LogP contribution in [0.25, 0.3) is 0 Å². The predicted octanol–water partition coefficient (Wildman–Crippen LogP) is 3.08. The van der Waals surface area contributed by atoms with Gasteiger partial charge in [0.05, 0.1) is 45.5 Å². The van der Waals surface area contributed by atoms with Gasteiger partial charge >= 0.3 is 41.8 Å². The van der Waals surface area contributed by atoms with Gasteiger partial charge in [0.15, 0.2) is 24.4 Å². The Labute approximate surface area is 408 Å². The van der Waals surface area contributed by atoms with Crippen molar-refractivity contribution in [3.05, 3.63) is 96.1 Å². The molecule has 71 heavy (non-hydrogen) atoms. The third-order valence-electron chi connectivity index (χ3n) is 10.7. The molecule has 2 saturated heterocycles. The second kappa shape index (κ2) is 25.6. The molecule has 0 bridgehead atoms. The van der Waals surface area contributed by atoms with Crippen molar-refractivity contribution in [2.24, 2.45) is 0 Å². The normalized spacial score (nSPS) is 24.6. The molecule has 0 radical (unpaired) electrons. The van der Waals surface area contributed by atoms with Crippen LogP contribution in [-0.2, 0) is 92.3 Å². The summed E-state index contributed by atoms with van der Waals surface area (Å²) in [5.41, 5.74) is 0.758. The number of hydrogen-bond donors (Lipinski definition) is 1. The van der Waals surface area contributed by atoms with E-state index in [1.807, 2.05) is 0 Å². The lowest BCUT2D eigenvalue weighted by atomic mass is 9.87. The van der Waals surface area contributed by atoms with Gasteiger partial charge in [0.2, 0.25) is 12.2 Å². The molecule has 2 fully saturated rings. The molecular weight excluding hydrogens is 939 g/mol. The van der Waals surface area contributed by atoms with Crippen LogP contribution in [0.1, 0.15) is 63.9 Å². The van der Waals surface area contributed by atoms with E-state index in [1.54, 1.807) is 72.8 Å². The number of ether oxygens (including phenoxy) is 13. The first kappa shape index (κ1) is 54.8. The first-order valence-electron chi connectivity index (χ1n) is 22.2. The summed E-state index contributed by atoms with van der Waals surface area (Å²) in [6, 6.07) is 21.5. The number of amides is 1. The number of hydrogen-bond acceptors (Lipinski definition) is 21. The quantitative estimate of drug-likeness (QED) is 0.119. The lowest BCUT2D eigenvalue weighted by molar-refractivity contribution is -0.335. The second-order valence-electron chi connectivity index (χ2n) is 16.1. The molecule has 1 amide bonds. The molecule has 0 spiro atoms. The predicted molar refractivity (Wildman–Crippen MR) is 240 cm³/mol. The number of carbonyl (C=O) groups excluding carboxylic acids is 8. The standard InChI is InChI=1S/C49H57NO21/c1-27(51)50-40-37(64-29(3)53)23-49(48(58)60-8,71-43(40)41(66-31(5)55)38(65-30(4)54)25-61-28(2)52)63-26-39-42(70-46(57)34-17-13-10-14-18-34)44(62-24-33-15-11-9-12-16-33)45(67-32(6)56)47(69-39)68-36-21-19-35(59-7)20-22-36/h9-22,37-45,47H,23-26H2,1-8H3,(H,50,51)/t37-,38-,39+,40-,41-,42+,43-,44+,45+,47-,49-/m1/s1. The molecule has 0 unspecified atom stereocenters. The Hall–Kier alpha value is -7.14. The fourth-order valence-corrected chi connectivity index (χ4v) is 7.84. The van der Waals surface area contributed by atoms with Crippen LogP contribution in [0.2, 0.25) is 0 Å². The lowest BCUT2D eigenvalue weighted by Gasteiger charge is -2.49. The molecule has 2 aliphatic heterocycles. The van der Waals surface area contributed by atoms with Crippen molar-refractivity contribution >= 4 is 47.7 Å². The minimum absolute atomic E-state index is 0.0972. The summed E-state index contributed by atoms with van der Waals surface area (Å²) in [4.78, 5) is 104. The Morgan fingerprint density at radius 2 is 1.31 bits per heavy atom. The van der Waals surface area contributed by atoms with Gasteiger partial charge in [-0.05, 0) is 42.0 Å². The van der Waals surface area contributed by atoms with Crippen molar-refractivity contribution in [3.8, 4) is 11.5 Å². The summed E-state index contributed by atoms with van der Waals surface area (Å²) in [6.07, 6.45) is -15.3. The van der Waals surface area contributed by atoms with E-state index in [9.17, 15) is 38.4 Å². The van der Waals surface area contributed by atoms with Crippen LogP contribution in [0.15, 0.2) is 84.9 Å². The highest BCUT2D eigenvalue weighted by molar-refractivity contribution is 5.89. The van der Waals surface area contributed by atoms with Crippen LogP contribution in [0.5, 0.6) is 11.5 Å². The summed E-state index contributed by atoms with van der Waals surface area (Å²) >= 11 is 0. The van der Waals surface area contributed by atoms with Gasteiger partial charge in [-0.3, -0.25) is 28.8 Å². The molecule has 384 valence electrons. The molecule has 0 aromatic heterocycles. The van der Waals surface area contributed by atoms with Crippen LogP contribution < -0.4 is 14.8 Å². The summed E-state index contributed by atoms with van der Waals surface area (Å²) < 4.78 is 76.9. The maximum Gasteiger partial charge on any atom is 0.366 e. The van der Waals surface area contributed by atoms with Crippen molar-refractivity contribution in [2.75, 3.05) is 27.4 Å². The largest absolute Gasteiger partial charge is 0.497 e. The van der Waals surface area contributed by atoms with Gasteiger partial charge < -0.3 is 66.9 Å². The van der Waals surface area contributed by atoms with E-state index in [0.29, 0.717) is 11.3 Å². The SMILES string of the molecule is COC(=O)[C@@]1(OC[C@@H]2O[C@@H](Oc3ccc(OC)cc3)[C@@H](OC(C)=O)[C@@H](OCc3ccccc3)[C@H]2OC(=O)c2ccccc2)C[C@@H](OC(C)=O)[C@@H](NC(C)=O)[C@H]([C@H](OC(C)=O)[C@@H](COC(C)=O)OC(C)=O)O1. The Morgan fingerprint density at radius 1 is 0.690 bits per heavy atom. The number of carbonyl (C=O) groups is 8. The lowest BCUT2D eigenvalue weighted by Crippen LogP contribution is -2.70. The van der Waals surface area contributed by atoms with Crippen LogP contribution >= 0.6 is 0 Å². The Morgan fingerprint density at radius 3 is 1.87 bits per heavy atom. The average Bonchev–Trinajstić information content (AvgIpc) is 3.32. The number of esters is 7. The van der Waals surface area contributed by atoms with Crippen LogP contribution in [0, 0.1) is 0 Å². The first-order valence-corrected chi connectivity index (χ1v) is 22.2. The molecule has 0 aliphatic carbocycles. The highest BCUT2D eigenvalue weighted by Gasteiger charge is 2.61. The number of benzene rings is 3. The van der Waals surface area contributed by atoms with E-state index in [4.69, 9.17) is 61.6 Å². The van der Waals surface area contributed by atoms with Gasteiger partial charge in [0.25, 0.3) is 5.79 Å². The van der Waals surface area contributed by atoms with Crippen LogP contribution in [-0.4, -0.2) is 142 Å². The molecule has 5 rings (SSSR count). The van der Waals surface area contributed by atoms with Gasteiger partial charge in [-0.15, -0.1) is 0 Å². The van der Waals surface area contributed by atoms with Crippen molar-refractivity contribution in [2.45, 2.75) is 122 Å². The highest BCUT2D eigenvalue weighted by atomic mass is 16.8. The number of rotatable bonds is 21. The molecule has 22 nitrogen and oxygen atoms in total. The monoisotopic (exact) mass is 995 g/mol. The average molecular weight is 996 g/mol. The van der Waals surface area contributed by atoms with Crippen molar-refractivity contribution in [3.63, 3.8) is 0 Å². The molecule has 2 heterocycles. The minimum Gasteiger partial charge on any atom is -0.497 e. The van der Waals surface area contributed by atoms with Crippen LogP contribution in [0.3, 0.4) is 0 Å². The number of methoxy groups -OCH3 is 2. The zero-order valence-electron chi connectivity index (χ0n) is 40.3. The topological polar surface area (TPSA) is 269 Å². The van der Waals surface area contributed by atoms with Gasteiger partial charge in [-0.2, -0.15) is 0 Å². The van der Waals surface area contributed by atoms with Crippen molar-refractivity contribution in [1.29, 1.82) is 0 Å². The van der Waals surface area contributed by atoms with E-state index >= 15 is 0 Å². The van der Waals surface area contributed by atoms with Crippen molar-refractivity contribution < 1.29 is 99.9 Å². The van der Waals surface area contributed by atoms with E-state index in [1.165, 1.54) is 19.2 Å². The van der Waals surface area contributed by atoms with E-state index in [-0.39, 0.29) is 17.9 Å². The molecule has 0 saturated carbocycles. The van der Waals surface area contributed by atoms with Crippen LogP contribution in [0.4, 0.5) is 0 Å². The third-order valence-corrected chi connectivity index (χ3v) is 10.7. The van der Waals surface area contributed by atoms with Gasteiger partial charge in [-0.1, -0.05) is 48.5 Å². The Balaban J connectivity index is 1.68. The summed E-state index contributed by atoms with van der Waals surface area (Å²) in [5.74, 6) is -9.41. The zero-order valence-corrected chi connectivity index (χ0v) is 40.3. The molecular formula is C49H57NO21. The van der Waals surface area contributed by atoms with Gasteiger partial charge in [-0.25, -0.2) is 9.59 Å². The zero-order chi connectivity index (χ0) is 51.8. The smallest absolute Gasteiger partial charge is 0.366 e. The summed E-state index contributed by atoms with van der Waals surface area (Å²) in [6.45, 7) is 4.69. The Kier molecular flexibility index (Phi) is 19.8. The van der Waals surface area contributed by atoms with E-state index in [2.05, 4.69) is 5.32 Å². The fourth-order valence-electron chi connectivity index (χ4n) is 7.84. The molecule has 1 N–H and O–H groups in total. The third kappa shape index (κ3) is 15.4. The highest BCUT2D eigenvalue weighted by Crippen LogP contribution is 2.39. The van der Waals surface area contributed by atoms with E-state index in [0.717, 1.165) is 48.7 Å². The molecule has 22 heteroatoms. The van der Waals surface area contributed by atoms with E-state index < -0.39 is 134 Å². The Bertz CT molecular complexity index is 2310. The molecule has 3 aromatic carbocycles. The summed E-state index contributed by atoms with van der Waals surface area (Å²) in [5, 5.41) is 2.60. The van der Waals surface area contributed by atoms with Gasteiger partial charge in [0.1, 0.15) is 42.5 Å². The first-order chi connectivity index (χ1) is 33.8. The molecule has 2 aliphatic rings. The second-order valence-corrected chi connectivity index (χ2v) is 16.1. The maximum absolute atomic E-state index is 14.4. The summed E-state index contributed by atoms with van der Waals surface area (Å²) in [7, 11) is 2.45.